The first-order valence-electron chi connectivity index (χ1n) is 8.23. The highest BCUT2D eigenvalue weighted by Crippen LogP contribution is 2.40. The van der Waals surface area contributed by atoms with Gasteiger partial charge < -0.3 is 0 Å². The summed E-state index contributed by atoms with van der Waals surface area (Å²) in [6, 6.07) is 0. The van der Waals surface area contributed by atoms with Gasteiger partial charge in [-0.05, 0) is 56.9 Å². The third-order valence-corrected chi connectivity index (χ3v) is 4.33. The molecule has 1 rings (SSSR count). The number of hydrogen-bond acceptors (Lipinski definition) is 0. The Labute approximate surface area is 132 Å². The molecule has 116 valence electrons. The molecule has 0 aromatic carbocycles. The molecule has 1 atom stereocenters. The molecule has 0 aromatic rings. The molecule has 0 amide bonds. The van der Waals surface area contributed by atoms with Crippen LogP contribution in [0.25, 0.3) is 0 Å². The van der Waals surface area contributed by atoms with Crippen LogP contribution in [0.1, 0.15) is 60.8 Å². The number of allylic oxidation sites excluding steroid dienone is 10. The largest absolute Gasteiger partial charge is 0.0911 e. The zero-order valence-corrected chi connectivity index (χ0v) is 14.7. The van der Waals surface area contributed by atoms with Gasteiger partial charge in [0.1, 0.15) is 0 Å². The molecule has 0 saturated heterocycles. The molecule has 0 fully saturated rings. The highest BCUT2D eigenvalue weighted by molar-refractivity contribution is 5.36. The van der Waals surface area contributed by atoms with Crippen LogP contribution in [0, 0.1) is 11.3 Å². The van der Waals surface area contributed by atoms with E-state index in [9.17, 15) is 0 Å². The summed E-state index contributed by atoms with van der Waals surface area (Å²) in [4.78, 5) is 0. The average molecular weight is 284 g/mol. The lowest BCUT2D eigenvalue weighted by Crippen LogP contribution is -2.19. The van der Waals surface area contributed by atoms with E-state index in [4.69, 9.17) is 0 Å². The minimum absolute atomic E-state index is 0.329. The molecule has 0 aliphatic heterocycles. The molecule has 0 nitrogen and oxygen atoms in total. The summed E-state index contributed by atoms with van der Waals surface area (Å²) in [5.41, 5.74) is 4.73. The zero-order chi connectivity index (χ0) is 15.9. The number of hydrogen-bond donors (Lipinski definition) is 0. The van der Waals surface area contributed by atoms with Crippen molar-refractivity contribution in [2.45, 2.75) is 60.8 Å². The van der Waals surface area contributed by atoms with Gasteiger partial charge in [0.25, 0.3) is 0 Å². The van der Waals surface area contributed by atoms with E-state index >= 15 is 0 Å². The smallest absolute Gasteiger partial charge is 0.00789 e. The maximum Gasteiger partial charge on any atom is -0.00789 e. The molecule has 0 bridgehead atoms. The van der Waals surface area contributed by atoms with E-state index in [1.165, 1.54) is 30.4 Å². The van der Waals surface area contributed by atoms with Gasteiger partial charge >= 0.3 is 0 Å². The number of rotatable bonds is 5. The van der Waals surface area contributed by atoms with Crippen molar-refractivity contribution in [3.8, 4) is 0 Å². The second-order valence-corrected chi connectivity index (χ2v) is 6.95. The van der Waals surface area contributed by atoms with Crippen molar-refractivity contribution in [1.82, 2.24) is 0 Å². The van der Waals surface area contributed by atoms with Crippen molar-refractivity contribution in [2.75, 3.05) is 0 Å². The van der Waals surface area contributed by atoms with Crippen molar-refractivity contribution >= 4 is 0 Å². The average Bonchev–Trinajstić information content (AvgIpc) is 2.37. The highest BCUT2D eigenvalue weighted by atomic mass is 14.3. The van der Waals surface area contributed by atoms with Gasteiger partial charge in [-0.3, -0.25) is 0 Å². The zero-order valence-electron chi connectivity index (χ0n) is 14.7. The predicted octanol–water partition coefficient (Wildman–Crippen LogP) is 6.78. The Bertz CT molecular complexity index is 478. The third-order valence-electron chi connectivity index (χ3n) is 4.33. The summed E-state index contributed by atoms with van der Waals surface area (Å²) in [6.45, 7) is 13.5. The molecule has 0 spiro atoms. The van der Waals surface area contributed by atoms with Crippen LogP contribution in [-0.4, -0.2) is 0 Å². The molecule has 0 N–H and O–H groups in total. The molecule has 0 heterocycles. The van der Waals surface area contributed by atoms with Crippen molar-refractivity contribution < 1.29 is 0 Å². The van der Waals surface area contributed by atoms with Crippen LogP contribution in [0.3, 0.4) is 0 Å². The molecule has 1 unspecified atom stereocenters. The van der Waals surface area contributed by atoms with Crippen LogP contribution in [0.4, 0.5) is 0 Å². The second kappa shape index (κ2) is 8.22. The highest BCUT2D eigenvalue weighted by Gasteiger charge is 2.26. The van der Waals surface area contributed by atoms with Crippen LogP contribution < -0.4 is 0 Å². The van der Waals surface area contributed by atoms with E-state index in [-0.39, 0.29) is 0 Å². The Morgan fingerprint density at radius 3 is 2.57 bits per heavy atom. The second-order valence-electron chi connectivity index (χ2n) is 6.95. The van der Waals surface area contributed by atoms with E-state index < -0.39 is 0 Å². The lowest BCUT2D eigenvalue weighted by Gasteiger charge is -2.32. The predicted molar refractivity (Wildman–Crippen MR) is 96.3 cm³/mol. The first-order chi connectivity index (χ1) is 9.86. The Balaban J connectivity index is 2.75. The Morgan fingerprint density at radius 1 is 1.24 bits per heavy atom. The normalized spacial score (nSPS) is 21.9. The topological polar surface area (TPSA) is 0 Å². The van der Waals surface area contributed by atoms with Gasteiger partial charge in [-0.25, -0.2) is 0 Å². The third kappa shape index (κ3) is 5.91. The van der Waals surface area contributed by atoms with E-state index in [2.05, 4.69) is 84.1 Å². The maximum atomic E-state index is 2.37. The van der Waals surface area contributed by atoms with Crippen molar-refractivity contribution in [1.29, 1.82) is 0 Å². The Kier molecular flexibility index (Phi) is 6.95. The molecular formula is C21H32. The lowest BCUT2D eigenvalue weighted by atomic mass is 9.72. The fourth-order valence-corrected chi connectivity index (χ4v) is 3.03. The molecule has 0 aromatic heterocycles. The molecule has 0 radical (unpaired) electrons. The van der Waals surface area contributed by atoms with E-state index in [0.29, 0.717) is 11.3 Å². The van der Waals surface area contributed by atoms with Crippen LogP contribution in [0.2, 0.25) is 0 Å². The van der Waals surface area contributed by atoms with Crippen LogP contribution in [-0.2, 0) is 0 Å². The van der Waals surface area contributed by atoms with Crippen molar-refractivity contribution in [3.63, 3.8) is 0 Å². The summed E-state index contributed by atoms with van der Waals surface area (Å²) >= 11 is 0. The van der Waals surface area contributed by atoms with Gasteiger partial charge in [-0.2, -0.15) is 0 Å². The quantitative estimate of drug-likeness (QED) is 0.385. The first kappa shape index (κ1) is 17.8. The fraction of sp³-hybridized carbons (Fsp3) is 0.524. The van der Waals surface area contributed by atoms with Crippen LogP contribution >= 0.6 is 0 Å². The van der Waals surface area contributed by atoms with E-state index in [1.807, 2.05) is 0 Å². The van der Waals surface area contributed by atoms with Crippen molar-refractivity contribution in [3.05, 3.63) is 59.3 Å². The summed E-state index contributed by atoms with van der Waals surface area (Å²) in [5, 5.41) is 0. The SMILES string of the molecule is C/C=C\C(C)/C=C/C=C(C)/C=C/C1=C(C)CCCC1(C)C. The molecule has 0 saturated carbocycles. The van der Waals surface area contributed by atoms with Crippen LogP contribution in [0.15, 0.2) is 59.3 Å². The summed E-state index contributed by atoms with van der Waals surface area (Å²) < 4.78 is 0. The monoisotopic (exact) mass is 284 g/mol. The molecule has 1 aliphatic rings. The minimum Gasteiger partial charge on any atom is -0.0911 e. The Hall–Kier alpha value is -1.30. The summed E-state index contributed by atoms with van der Waals surface area (Å²) in [6.07, 6.45) is 19.4. The van der Waals surface area contributed by atoms with Gasteiger partial charge in [-0.15, -0.1) is 0 Å². The van der Waals surface area contributed by atoms with Gasteiger partial charge in [-0.1, -0.05) is 74.4 Å². The minimum atomic E-state index is 0.329. The van der Waals surface area contributed by atoms with Crippen molar-refractivity contribution in [2.24, 2.45) is 11.3 Å². The lowest BCUT2D eigenvalue weighted by molar-refractivity contribution is 0.377. The molecule has 1 aliphatic carbocycles. The van der Waals surface area contributed by atoms with Crippen LogP contribution in [0.5, 0.6) is 0 Å². The molecular weight excluding hydrogens is 252 g/mol. The molecule has 0 heteroatoms. The molecule has 21 heavy (non-hydrogen) atoms. The maximum absolute atomic E-state index is 2.37. The fourth-order valence-electron chi connectivity index (χ4n) is 3.03. The van der Waals surface area contributed by atoms with Gasteiger partial charge in [0.05, 0.1) is 0 Å². The standard InChI is InChI=1S/C21H32/c1-7-10-17(2)11-8-12-18(3)14-15-20-19(4)13-9-16-21(20,5)6/h7-8,10-12,14-15,17H,9,13,16H2,1-6H3/b10-7-,11-8+,15-14+,18-12+. The first-order valence-corrected chi connectivity index (χ1v) is 8.23. The van der Waals surface area contributed by atoms with Gasteiger partial charge in [0.15, 0.2) is 0 Å². The Morgan fingerprint density at radius 2 is 1.95 bits per heavy atom. The van der Waals surface area contributed by atoms with E-state index in [1.54, 1.807) is 5.57 Å². The summed E-state index contributed by atoms with van der Waals surface area (Å²) in [5.74, 6) is 0.505. The van der Waals surface area contributed by atoms with E-state index in [0.717, 1.165) is 0 Å². The summed E-state index contributed by atoms with van der Waals surface area (Å²) in [7, 11) is 0. The van der Waals surface area contributed by atoms with Gasteiger partial charge in [0, 0.05) is 0 Å². The van der Waals surface area contributed by atoms with Gasteiger partial charge in [0.2, 0.25) is 0 Å².